The van der Waals surface area contributed by atoms with Gasteiger partial charge in [0.1, 0.15) is 17.9 Å². The summed E-state index contributed by atoms with van der Waals surface area (Å²) >= 11 is 4.71. The molecule has 1 aromatic carbocycles. The van der Waals surface area contributed by atoms with E-state index in [0.717, 1.165) is 0 Å². The Balaban J connectivity index is 2.15. The second kappa shape index (κ2) is 6.27. The van der Waals surface area contributed by atoms with Crippen molar-refractivity contribution in [2.45, 2.75) is 0 Å². The Labute approximate surface area is 120 Å². The van der Waals surface area contributed by atoms with E-state index < -0.39 is 11.8 Å². The molecule has 0 aliphatic carbocycles. The molecule has 0 atom stereocenters. The van der Waals surface area contributed by atoms with Crippen LogP contribution in [0.1, 0.15) is 5.56 Å². The maximum Gasteiger partial charge on any atom is 0.263 e. The highest BCUT2D eigenvalue weighted by molar-refractivity contribution is 7.80. The van der Waals surface area contributed by atoms with Crippen LogP contribution in [-0.2, 0) is 9.59 Å². The Morgan fingerprint density at radius 2 is 1.75 bits per heavy atom. The first-order chi connectivity index (χ1) is 9.60. The van der Waals surface area contributed by atoms with Gasteiger partial charge in [-0.05, 0) is 36.0 Å². The fourth-order valence-corrected chi connectivity index (χ4v) is 1.78. The van der Waals surface area contributed by atoms with Gasteiger partial charge in [-0.25, -0.2) is 0 Å². The van der Waals surface area contributed by atoms with Crippen molar-refractivity contribution in [3.63, 3.8) is 0 Å². The molecule has 1 saturated heterocycles. The molecule has 0 saturated carbocycles. The SMILES string of the molecule is O=C1NC(=S)NC(=O)C1=Cc1ccc(OCCO)cc1. The predicted molar refractivity (Wildman–Crippen MR) is 75.9 cm³/mol. The molecule has 2 amide bonds. The topological polar surface area (TPSA) is 87.7 Å². The van der Waals surface area contributed by atoms with Crippen molar-refractivity contribution in [2.24, 2.45) is 0 Å². The predicted octanol–water partition coefficient (Wildman–Crippen LogP) is -0.0280. The van der Waals surface area contributed by atoms with Crippen molar-refractivity contribution in [1.82, 2.24) is 10.6 Å². The molecule has 7 heteroatoms. The third-order valence-electron chi connectivity index (χ3n) is 2.49. The van der Waals surface area contributed by atoms with Gasteiger partial charge >= 0.3 is 0 Å². The summed E-state index contributed by atoms with van der Waals surface area (Å²) in [6, 6.07) is 6.77. The highest BCUT2D eigenvalue weighted by Gasteiger charge is 2.25. The summed E-state index contributed by atoms with van der Waals surface area (Å²) in [7, 11) is 0. The first-order valence-electron chi connectivity index (χ1n) is 5.82. The Hall–Kier alpha value is -2.25. The molecule has 104 valence electrons. The summed E-state index contributed by atoms with van der Waals surface area (Å²) in [4.78, 5) is 23.3. The third kappa shape index (κ3) is 3.40. The zero-order valence-electron chi connectivity index (χ0n) is 10.4. The number of amides is 2. The number of hydrogen-bond donors (Lipinski definition) is 3. The van der Waals surface area contributed by atoms with Gasteiger partial charge in [0.15, 0.2) is 5.11 Å². The van der Waals surface area contributed by atoms with Gasteiger partial charge in [-0.15, -0.1) is 0 Å². The van der Waals surface area contributed by atoms with Crippen molar-refractivity contribution in [1.29, 1.82) is 0 Å². The van der Waals surface area contributed by atoms with E-state index in [0.29, 0.717) is 11.3 Å². The molecule has 20 heavy (non-hydrogen) atoms. The van der Waals surface area contributed by atoms with Crippen LogP contribution in [0.15, 0.2) is 29.8 Å². The van der Waals surface area contributed by atoms with Gasteiger partial charge in [0, 0.05) is 0 Å². The van der Waals surface area contributed by atoms with Gasteiger partial charge in [0.2, 0.25) is 0 Å². The number of benzene rings is 1. The van der Waals surface area contributed by atoms with Crippen LogP contribution in [0, 0.1) is 0 Å². The lowest BCUT2D eigenvalue weighted by molar-refractivity contribution is -0.123. The molecule has 1 aliphatic rings. The largest absolute Gasteiger partial charge is 0.491 e. The number of hydrogen-bond acceptors (Lipinski definition) is 5. The number of aliphatic hydroxyl groups excluding tert-OH is 1. The van der Waals surface area contributed by atoms with E-state index in [4.69, 9.17) is 22.1 Å². The van der Waals surface area contributed by atoms with Crippen LogP contribution in [0.4, 0.5) is 0 Å². The number of aliphatic hydroxyl groups is 1. The number of rotatable bonds is 4. The van der Waals surface area contributed by atoms with Crippen LogP contribution in [0.25, 0.3) is 6.08 Å². The maximum absolute atomic E-state index is 11.6. The number of ether oxygens (including phenoxy) is 1. The number of thiocarbonyl (C=S) groups is 1. The average Bonchev–Trinajstić information content (AvgIpc) is 2.42. The molecule has 2 rings (SSSR count). The summed E-state index contributed by atoms with van der Waals surface area (Å²) in [6.07, 6.45) is 1.46. The molecule has 1 aliphatic heterocycles. The Kier molecular flexibility index (Phi) is 4.44. The van der Waals surface area contributed by atoms with Crippen molar-refractivity contribution in [3.8, 4) is 5.75 Å². The van der Waals surface area contributed by atoms with Gasteiger partial charge in [-0.2, -0.15) is 0 Å². The van der Waals surface area contributed by atoms with Gasteiger partial charge in [-0.3, -0.25) is 20.2 Å². The Morgan fingerprint density at radius 3 is 2.30 bits per heavy atom. The van der Waals surface area contributed by atoms with Gasteiger partial charge in [0.25, 0.3) is 11.8 Å². The lowest BCUT2D eigenvalue weighted by atomic mass is 10.1. The minimum Gasteiger partial charge on any atom is -0.491 e. The zero-order valence-corrected chi connectivity index (χ0v) is 11.2. The molecular weight excluding hydrogens is 280 g/mol. The van der Waals surface area contributed by atoms with E-state index >= 15 is 0 Å². The van der Waals surface area contributed by atoms with E-state index in [1.165, 1.54) is 6.08 Å². The van der Waals surface area contributed by atoms with E-state index in [9.17, 15) is 9.59 Å². The van der Waals surface area contributed by atoms with Crippen molar-refractivity contribution < 1.29 is 19.4 Å². The van der Waals surface area contributed by atoms with Crippen molar-refractivity contribution >= 4 is 35.2 Å². The smallest absolute Gasteiger partial charge is 0.263 e. The highest BCUT2D eigenvalue weighted by atomic mass is 32.1. The molecule has 6 nitrogen and oxygen atoms in total. The first kappa shape index (κ1) is 14.2. The fraction of sp³-hybridized carbons (Fsp3) is 0.154. The summed E-state index contributed by atoms with van der Waals surface area (Å²) < 4.78 is 5.21. The second-order valence-electron chi connectivity index (χ2n) is 3.94. The van der Waals surface area contributed by atoms with Crippen LogP contribution in [-0.4, -0.2) is 35.2 Å². The molecule has 0 aromatic heterocycles. The lowest BCUT2D eigenvalue weighted by Crippen LogP contribution is -2.51. The van der Waals surface area contributed by atoms with E-state index in [2.05, 4.69) is 10.6 Å². The average molecular weight is 292 g/mol. The van der Waals surface area contributed by atoms with Gasteiger partial charge in [-0.1, -0.05) is 12.1 Å². The molecule has 0 unspecified atom stereocenters. The van der Waals surface area contributed by atoms with Crippen molar-refractivity contribution in [2.75, 3.05) is 13.2 Å². The minimum absolute atomic E-state index is 0.00454. The summed E-state index contributed by atoms with van der Waals surface area (Å²) in [5, 5.41) is 13.4. The van der Waals surface area contributed by atoms with Crippen LogP contribution in [0.2, 0.25) is 0 Å². The van der Waals surface area contributed by atoms with Crippen LogP contribution >= 0.6 is 12.2 Å². The minimum atomic E-state index is -0.528. The molecular formula is C13H12N2O4S. The molecule has 0 bridgehead atoms. The van der Waals surface area contributed by atoms with Gasteiger partial charge in [0.05, 0.1) is 6.61 Å². The van der Waals surface area contributed by atoms with E-state index in [-0.39, 0.29) is 23.9 Å². The first-order valence-corrected chi connectivity index (χ1v) is 6.23. The number of carbonyl (C=O) groups is 2. The highest BCUT2D eigenvalue weighted by Crippen LogP contribution is 2.15. The quantitative estimate of drug-likeness (QED) is 0.412. The lowest BCUT2D eigenvalue weighted by Gasteiger charge is -2.16. The standard InChI is InChI=1S/C13H12N2O4S/c16-5-6-19-9-3-1-8(2-4-9)7-10-11(17)14-13(20)15-12(10)18/h1-4,7,16H,5-6H2,(H2,14,15,17,18,20). The molecule has 0 radical (unpaired) electrons. The normalized spacial score (nSPS) is 14.7. The van der Waals surface area contributed by atoms with Crippen LogP contribution in [0.5, 0.6) is 5.75 Å². The summed E-state index contributed by atoms with van der Waals surface area (Å²) in [5.41, 5.74) is 0.664. The number of nitrogens with one attached hydrogen (secondary N) is 2. The molecule has 1 heterocycles. The monoisotopic (exact) mass is 292 g/mol. The van der Waals surface area contributed by atoms with E-state index in [1.807, 2.05) is 0 Å². The molecule has 3 N–H and O–H groups in total. The number of carbonyl (C=O) groups excluding carboxylic acids is 2. The summed E-state index contributed by atoms with van der Waals surface area (Å²) in [6.45, 7) is 0.148. The maximum atomic E-state index is 11.6. The van der Waals surface area contributed by atoms with Crippen LogP contribution in [0.3, 0.4) is 0 Å². The second-order valence-corrected chi connectivity index (χ2v) is 4.34. The Morgan fingerprint density at radius 1 is 1.15 bits per heavy atom. The molecule has 0 spiro atoms. The molecule has 1 fully saturated rings. The Bertz CT molecular complexity index is 559. The van der Waals surface area contributed by atoms with Gasteiger partial charge < -0.3 is 9.84 Å². The van der Waals surface area contributed by atoms with E-state index in [1.54, 1.807) is 24.3 Å². The zero-order chi connectivity index (χ0) is 14.5. The fourth-order valence-electron chi connectivity index (χ4n) is 1.60. The van der Waals surface area contributed by atoms with Crippen molar-refractivity contribution in [3.05, 3.63) is 35.4 Å². The van der Waals surface area contributed by atoms with Crippen LogP contribution < -0.4 is 15.4 Å². The summed E-state index contributed by atoms with van der Waals surface area (Å²) in [5.74, 6) is -0.460. The third-order valence-corrected chi connectivity index (χ3v) is 2.70. The molecule has 1 aromatic rings.